The predicted molar refractivity (Wildman–Crippen MR) is 203 cm³/mol. The van der Waals surface area contributed by atoms with E-state index in [0.717, 1.165) is 64.2 Å². The molecule has 8 atom stereocenters. The molecule has 3 amide bonds. The molecular weight excluding hydrogens is 670 g/mol. The number of hydrogen-bond acceptors (Lipinski definition) is 6. The Morgan fingerprint density at radius 3 is 2.19 bits per heavy atom. The number of esters is 1. The molecule has 0 aromatic rings. The van der Waals surface area contributed by atoms with Crippen molar-refractivity contribution in [2.45, 2.75) is 164 Å². The van der Waals surface area contributed by atoms with E-state index in [1.54, 1.807) is 20.8 Å². The number of carbonyl (C=O) groups is 5. The van der Waals surface area contributed by atoms with Crippen molar-refractivity contribution in [3.63, 3.8) is 0 Å². The number of allylic oxidation sites excluding steroid dienone is 1. The monoisotopic (exact) mass is 737 g/mol. The van der Waals surface area contributed by atoms with Gasteiger partial charge in [-0.25, -0.2) is 4.79 Å². The van der Waals surface area contributed by atoms with Gasteiger partial charge in [0.15, 0.2) is 0 Å². The Labute approximate surface area is 317 Å². The van der Waals surface area contributed by atoms with E-state index in [0.29, 0.717) is 31.3 Å². The maximum Gasteiger partial charge on any atom is 0.315 e. The predicted octanol–water partition coefficient (Wildman–Crippen LogP) is 7.44. The smallest absolute Gasteiger partial charge is 0.315 e. The topological polar surface area (TPSA) is 142 Å². The van der Waals surface area contributed by atoms with Crippen LogP contribution in [0.4, 0.5) is 4.79 Å². The third-order valence-electron chi connectivity index (χ3n) is 16.4. The number of fused-ring (bicyclic) bond motifs is 6. The summed E-state index contributed by atoms with van der Waals surface area (Å²) in [5, 5.41) is 16.3. The van der Waals surface area contributed by atoms with Crippen molar-refractivity contribution in [1.82, 2.24) is 15.5 Å². The van der Waals surface area contributed by atoms with Crippen molar-refractivity contribution in [2.24, 2.45) is 50.7 Å². The normalized spacial score (nSPS) is 38.3. The van der Waals surface area contributed by atoms with E-state index in [2.05, 4.69) is 59.1 Å². The van der Waals surface area contributed by atoms with Crippen LogP contribution in [0.25, 0.3) is 0 Å². The van der Waals surface area contributed by atoms with Crippen LogP contribution in [0.1, 0.15) is 146 Å². The van der Waals surface area contributed by atoms with Crippen molar-refractivity contribution in [3.05, 3.63) is 11.1 Å². The summed E-state index contributed by atoms with van der Waals surface area (Å²) in [5.74, 6) is -0.399. The standard InChI is InChI=1S/C43H67N3O7/c1-25(2)34-29(48)23-43(45-37(52)44-27-15-21-46(22-16-27)26(3)47)20-19-41(9)28(35(34)43)11-12-31-40(8)17-14-32(53-33(49)24-38(4,5)36(50)51)39(6,7)30(40)13-18-42(31,41)10/h25,27,30-32,34H,11-24H2,1-10H3,(H,50,51)(H2,44,45,52)/t30?,31?,32-,34?,40-,41+,42+,43+/m0/s1. The molecule has 296 valence electrons. The first-order valence-electron chi connectivity index (χ1n) is 20.6. The number of ketones is 1. The Morgan fingerprint density at radius 1 is 0.925 bits per heavy atom. The number of amides is 3. The molecule has 1 heterocycles. The van der Waals surface area contributed by atoms with Gasteiger partial charge in [0.2, 0.25) is 5.91 Å². The Hall–Kier alpha value is -2.91. The highest BCUT2D eigenvalue weighted by Gasteiger charge is 2.69. The highest BCUT2D eigenvalue weighted by atomic mass is 16.5. The number of carbonyl (C=O) groups excluding carboxylic acids is 4. The van der Waals surface area contributed by atoms with Crippen molar-refractivity contribution >= 4 is 29.7 Å². The summed E-state index contributed by atoms with van der Waals surface area (Å²) < 4.78 is 6.15. The molecule has 3 N–H and O–H groups in total. The number of urea groups is 1. The number of rotatable bonds is 7. The summed E-state index contributed by atoms with van der Waals surface area (Å²) >= 11 is 0. The molecule has 0 aromatic carbocycles. The summed E-state index contributed by atoms with van der Waals surface area (Å²) in [5.41, 5.74) is 0.433. The molecule has 10 nitrogen and oxygen atoms in total. The second kappa shape index (κ2) is 13.4. The molecule has 0 radical (unpaired) electrons. The van der Waals surface area contributed by atoms with Gasteiger partial charge < -0.3 is 25.4 Å². The molecule has 0 spiro atoms. The molecule has 1 saturated heterocycles. The Morgan fingerprint density at radius 2 is 1.58 bits per heavy atom. The number of piperidine rings is 1. The van der Waals surface area contributed by atoms with Gasteiger partial charge in [-0.2, -0.15) is 0 Å². The molecule has 0 aromatic heterocycles. The number of hydrogen-bond donors (Lipinski definition) is 3. The van der Waals surface area contributed by atoms with Gasteiger partial charge in [-0.15, -0.1) is 0 Å². The zero-order valence-electron chi connectivity index (χ0n) is 34.2. The number of Topliss-reactive ketones (excluding diaryl/α,β-unsaturated/α-hetero) is 1. The van der Waals surface area contributed by atoms with Crippen LogP contribution in [-0.2, 0) is 23.9 Å². The second-order valence-corrected chi connectivity index (χ2v) is 20.4. The van der Waals surface area contributed by atoms with Crippen LogP contribution >= 0.6 is 0 Å². The minimum atomic E-state index is -1.18. The lowest BCUT2D eigenvalue weighted by Gasteiger charge is -2.70. The van der Waals surface area contributed by atoms with Gasteiger partial charge in [-0.05, 0) is 118 Å². The van der Waals surface area contributed by atoms with Crippen molar-refractivity contribution in [1.29, 1.82) is 0 Å². The molecule has 5 aliphatic carbocycles. The van der Waals surface area contributed by atoms with Gasteiger partial charge in [0.25, 0.3) is 0 Å². The number of nitrogens with one attached hydrogen (secondary N) is 2. The van der Waals surface area contributed by atoms with Crippen molar-refractivity contribution < 1.29 is 33.8 Å². The summed E-state index contributed by atoms with van der Waals surface area (Å²) in [6.45, 7) is 22.3. The van der Waals surface area contributed by atoms with Gasteiger partial charge >= 0.3 is 18.0 Å². The number of nitrogens with zero attached hydrogens (tertiary/aromatic N) is 1. The number of likely N-dealkylation sites (tertiary alicyclic amines) is 1. The fourth-order valence-corrected chi connectivity index (χ4v) is 13.2. The van der Waals surface area contributed by atoms with Crippen LogP contribution in [-0.4, -0.2) is 70.4 Å². The molecule has 10 heteroatoms. The highest BCUT2D eigenvalue weighted by molar-refractivity contribution is 5.92. The molecular formula is C43H67N3O7. The number of carboxylic acid groups (broad SMARTS) is 1. The number of aliphatic carboxylic acids is 1. The fraction of sp³-hybridized carbons (Fsp3) is 0.837. The van der Waals surface area contributed by atoms with Gasteiger partial charge in [0.05, 0.1) is 17.4 Å². The quantitative estimate of drug-likeness (QED) is 0.182. The van der Waals surface area contributed by atoms with Crippen LogP contribution < -0.4 is 10.6 Å². The second-order valence-electron chi connectivity index (χ2n) is 20.4. The molecule has 6 aliphatic rings. The zero-order chi connectivity index (χ0) is 39.1. The molecule has 0 bridgehead atoms. The van der Waals surface area contributed by atoms with E-state index < -0.39 is 22.9 Å². The third-order valence-corrected chi connectivity index (χ3v) is 16.4. The van der Waals surface area contributed by atoms with Gasteiger partial charge in [0.1, 0.15) is 11.9 Å². The maximum atomic E-state index is 14.0. The minimum absolute atomic E-state index is 0.00376. The van der Waals surface area contributed by atoms with E-state index in [1.165, 1.54) is 11.1 Å². The van der Waals surface area contributed by atoms with E-state index >= 15 is 0 Å². The first-order chi connectivity index (χ1) is 24.5. The molecule has 53 heavy (non-hydrogen) atoms. The number of ether oxygens (including phenoxy) is 1. The molecule has 5 fully saturated rings. The van der Waals surface area contributed by atoms with E-state index in [9.17, 15) is 29.1 Å². The Kier molecular flexibility index (Phi) is 10.0. The van der Waals surface area contributed by atoms with Crippen molar-refractivity contribution in [2.75, 3.05) is 13.1 Å². The minimum Gasteiger partial charge on any atom is -0.481 e. The third kappa shape index (κ3) is 6.33. The fourth-order valence-electron chi connectivity index (χ4n) is 13.2. The lowest BCUT2D eigenvalue weighted by molar-refractivity contribution is -0.214. The van der Waals surface area contributed by atoms with Crippen LogP contribution in [0, 0.1) is 50.7 Å². The molecule has 4 saturated carbocycles. The SMILES string of the molecule is CC(=O)N1CCC(NC(=O)N[C@@]23CC[C@]4(C)C(=C2C(C(C)C)C(=O)C3)CCC2[C@@]3(C)CC[C@H](OC(=O)CC(C)(C)C(=O)O)C(C)(C)C3CC[C@]24C)CC1. The van der Waals surface area contributed by atoms with Gasteiger partial charge in [-0.3, -0.25) is 19.2 Å². The zero-order valence-corrected chi connectivity index (χ0v) is 34.2. The van der Waals surface area contributed by atoms with Crippen LogP contribution in [0.5, 0.6) is 0 Å². The average molecular weight is 738 g/mol. The molecule has 3 unspecified atom stereocenters. The summed E-state index contributed by atoms with van der Waals surface area (Å²) in [7, 11) is 0. The van der Waals surface area contributed by atoms with E-state index in [1.807, 2.05) is 4.90 Å². The van der Waals surface area contributed by atoms with Crippen LogP contribution in [0.3, 0.4) is 0 Å². The van der Waals surface area contributed by atoms with Gasteiger partial charge in [0, 0.05) is 43.8 Å². The number of carboxylic acids is 1. The van der Waals surface area contributed by atoms with Crippen LogP contribution in [0.15, 0.2) is 11.1 Å². The first kappa shape index (κ1) is 39.8. The summed E-state index contributed by atoms with van der Waals surface area (Å²) in [4.78, 5) is 66.3. The summed E-state index contributed by atoms with van der Waals surface area (Å²) in [6.07, 6.45) is 8.77. The molecule has 1 aliphatic heterocycles. The van der Waals surface area contributed by atoms with Gasteiger partial charge in [-0.1, -0.05) is 54.0 Å². The largest absolute Gasteiger partial charge is 0.481 e. The average Bonchev–Trinajstić information content (AvgIpc) is 3.34. The first-order valence-corrected chi connectivity index (χ1v) is 20.6. The maximum absolute atomic E-state index is 14.0. The van der Waals surface area contributed by atoms with Crippen molar-refractivity contribution in [3.8, 4) is 0 Å². The van der Waals surface area contributed by atoms with Crippen LogP contribution in [0.2, 0.25) is 0 Å². The van der Waals surface area contributed by atoms with E-state index in [4.69, 9.17) is 4.74 Å². The summed E-state index contributed by atoms with van der Waals surface area (Å²) in [6, 6.07) is -0.209. The lowest BCUT2D eigenvalue weighted by atomic mass is 9.34. The molecule has 6 rings (SSSR count). The highest BCUT2D eigenvalue weighted by Crippen LogP contribution is 2.75. The van der Waals surface area contributed by atoms with E-state index in [-0.39, 0.29) is 69.8 Å². The Bertz CT molecular complexity index is 1570. The Balaban J connectivity index is 1.26. The lowest BCUT2D eigenvalue weighted by Crippen LogP contribution is -2.65.